The summed E-state index contributed by atoms with van der Waals surface area (Å²) < 4.78 is 69.5. The molecule has 0 saturated heterocycles. The van der Waals surface area contributed by atoms with Crippen LogP contribution < -0.4 is 4.74 Å². The van der Waals surface area contributed by atoms with Crippen molar-refractivity contribution in [2.24, 2.45) is 7.05 Å². The number of hydrogen-bond acceptors (Lipinski definition) is 9. The molecule has 232 valence electrons. The molecule has 0 N–H and O–H groups in total. The molecule has 0 aliphatic carbocycles. The van der Waals surface area contributed by atoms with Gasteiger partial charge in [0.15, 0.2) is 17.8 Å². The van der Waals surface area contributed by atoms with E-state index < -0.39 is 32.7 Å². The van der Waals surface area contributed by atoms with Gasteiger partial charge in [0.2, 0.25) is 0 Å². The molecule has 0 radical (unpaired) electrons. The summed E-state index contributed by atoms with van der Waals surface area (Å²) in [5.74, 6) is 0.382. The zero-order valence-electron chi connectivity index (χ0n) is 24.9. The fraction of sp³-hybridized carbons (Fsp3) is 0.333. The molecule has 0 aliphatic heterocycles. The SMILES string of the molecule is CC[C@@H](O/C(=C/C#N)c1cccc(OC(F)F)c1)c1nc2cc(F)c(-c3cnc(C(C)(C)OP(OC)OC)nc3)cc2n1C. The van der Waals surface area contributed by atoms with Crippen molar-refractivity contribution in [3.8, 4) is 22.9 Å². The van der Waals surface area contributed by atoms with Gasteiger partial charge in [0.05, 0.1) is 23.2 Å². The highest BCUT2D eigenvalue weighted by Crippen LogP contribution is 2.45. The quantitative estimate of drug-likeness (QED) is 0.0839. The third-order valence-corrected chi connectivity index (χ3v) is 7.78. The lowest BCUT2D eigenvalue weighted by atomic mass is 10.1. The molecule has 1 atom stereocenters. The van der Waals surface area contributed by atoms with Crippen LogP contribution in [0, 0.1) is 17.1 Å². The molecule has 0 bridgehead atoms. The van der Waals surface area contributed by atoms with Crippen molar-refractivity contribution in [3.63, 3.8) is 0 Å². The number of benzene rings is 2. The van der Waals surface area contributed by atoms with Crippen molar-refractivity contribution < 1.29 is 36.2 Å². The first kappa shape index (κ1) is 32.8. The minimum absolute atomic E-state index is 0.0770. The van der Waals surface area contributed by atoms with E-state index in [4.69, 9.17) is 18.3 Å². The van der Waals surface area contributed by atoms with E-state index >= 15 is 4.39 Å². The molecule has 0 unspecified atom stereocenters. The van der Waals surface area contributed by atoms with Crippen LogP contribution >= 0.6 is 8.60 Å². The summed E-state index contributed by atoms with van der Waals surface area (Å²) in [6.07, 6.45) is 3.97. The van der Waals surface area contributed by atoms with Gasteiger partial charge >= 0.3 is 15.2 Å². The molecule has 10 nitrogen and oxygen atoms in total. The smallest absolute Gasteiger partial charge is 0.387 e. The lowest BCUT2D eigenvalue weighted by molar-refractivity contribution is -0.0498. The van der Waals surface area contributed by atoms with Crippen LogP contribution in [0.3, 0.4) is 0 Å². The number of fused-ring (bicyclic) bond motifs is 1. The monoisotopic (exact) mass is 629 g/mol. The number of nitrogens with zero attached hydrogens (tertiary/aromatic N) is 5. The molecular weight excluding hydrogens is 598 g/mol. The number of rotatable bonds is 13. The average Bonchev–Trinajstić information content (AvgIpc) is 3.31. The number of hydrogen-bond donors (Lipinski definition) is 0. The standard InChI is InChI=1S/C30H31F3N5O5P/c1-7-25(42-26(11-12-34)18-9-8-10-20(13-18)41-29(32)33)27-37-23-15-22(31)21(14-24(23)38(27)4)19-16-35-28(36-17-19)30(2,3)43-44(39-5)40-6/h8-11,13-17,25,29H,7H2,1-6H3/b26-11+/t25-/m1/s1. The lowest BCUT2D eigenvalue weighted by Crippen LogP contribution is -2.23. The van der Waals surface area contributed by atoms with Crippen molar-refractivity contribution in [2.45, 2.75) is 45.5 Å². The number of aryl methyl sites for hydroxylation is 1. The molecular formula is C30H31F3N5O5P. The summed E-state index contributed by atoms with van der Waals surface area (Å²) in [4.78, 5) is 13.4. The van der Waals surface area contributed by atoms with Crippen LogP contribution in [-0.2, 0) is 31.0 Å². The normalized spacial score (nSPS) is 13.0. The largest absolute Gasteiger partial charge is 0.481 e. The van der Waals surface area contributed by atoms with Gasteiger partial charge in [-0.2, -0.15) is 14.0 Å². The second-order valence-corrected chi connectivity index (χ2v) is 11.3. The maximum atomic E-state index is 15.4. The van der Waals surface area contributed by atoms with E-state index in [1.807, 2.05) is 13.0 Å². The van der Waals surface area contributed by atoms with E-state index in [1.54, 1.807) is 37.6 Å². The number of allylic oxidation sites excluding steroid dienone is 1. The molecule has 0 aliphatic rings. The van der Waals surface area contributed by atoms with E-state index in [0.717, 1.165) is 0 Å². The Morgan fingerprint density at radius 2 is 1.84 bits per heavy atom. The first-order valence-electron chi connectivity index (χ1n) is 13.4. The molecule has 2 aromatic heterocycles. The minimum Gasteiger partial charge on any atom is -0.481 e. The Kier molecular flexibility index (Phi) is 10.5. The molecule has 4 rings (SSSR count). The van der Waals surface area contributed by atoms with Crippen molar-refractivity contribution in [1.29, 1.82) is 5.26 Å². The zero-order chi connectivity index (χ0) is 32.0. The van der Waals surface area contributed by atoms with Gasteiger partial charge in [-0.05, 0) is 38.5 Å². The van der Waals surface area contributed by atoms with E-state index in [-0.39, 0.29) is 17.1 Å². The molecule has 0 fully saturated rings. The number of halogens is 3. The average molecular weight is 630 g/mol. The third-order valence-electron chi connectivity index (χ3n) is 6.57. The topological polar surface area (TPSA) is 114 Å². The van der Waals surface area contributed by atoms with E-state index in [9.17, 15) is 14.0 Å². The van der Waals surface area contributed by atoms with Crippen LogP contribution in [0.5, 0.6) is 5.75 Å². The van der Waals surface area contributed by atoms with E-state index in [1.165, 1.54) is 57.0 Å². The fourth-order valence-corrected chi connectivity index (χ4v) is 5.19. The van der Waals surface area contributed by atoms with Crippen molar-refractivity contribution in [2.75, 3.05) is 14.2 Å². The molecule has 0 saturated carbocycles. The van der Waals surface area contributed by atoms with Crippen molar-refractivity contribution in [1.82, 2.24) is 19.5 Å². The summed E-state index contributed by atoms with van der Waals surface area (Å²) in [7, 11) is 3.13. The highest BCUT2D eigenvalue weighted by atomic mass is 31.2. The number of nitriles is 1. The maximum absolute atomic E-state index is 15.4. The van der Waals surface area contributed by atoms with Gasteiger partial charge in [-0.15, -0.1) is 0 Å². The highest BCUT2D eigenvalue weighted by molar-refractivity contribution is 7.41. The molecule has 2 aromatic carbocycles. The summed E-state index contributed by atoms with van der Waals surface area (Å²) in [6, 6.07) is 10.8. The number of alkyl halides is 2. The Bertz CT molecular complexity index is 1670. The van der Waals surface area contributed by atoms with Crippen LogP contribution in [0.1, 0.15) is 50.5 Å². The lowest BCUT2D eigenvalue weighted by Gasteiger charge is -2.26. The predicted molar refractivity (Wildman–Crippen MR) is 158 cm³/mol. The van der Waals surface area contributed by atoms with Gasteiger partial charge in [0, 0.05) is 56.4 Å². The Morgan fingerprint density at radius 3 is 2.45 bits per heavy atom. The Balaban J connectivity index is 1.64. The zero-order valence-corrected chi connectivity index (χ0v) is 25.8. The van der Waals surface area contributed by atoms with Crippen LogP contribution in [0.4, 0.5) is 13.2 Å². The molecule has 0 amide bonds. The summed E-state index contributed by atoms with van der Waals surface area (Å²) in [5, 5.41) is 9.38. The third kappa shape index (κ3) is 7.34. The first-order chi connectivity index (χ1) is 21.0. The van der Waals surface area contributed by atoms with E-state index in [2.05, 4.69) is 19.7 Å². The van der Waals surface area contributed by atoms with Gasteiger partial charge in [-0.1, -0.05) is 19.1 Å². The molecule has 44 heavy (non-hydrogen) atoms. The van der Waals surface area contributed by atoms with Gasteiger partial charge < -0.3 is 23.1 Å². The van der Waals surface area contributed by atoms with Gasteiger partial charge in [-0.25, -0.2) is 19.3 Å². The maximum Gasteiger partial charge on any atom is 0.387 e. The Morgan fingerprint density at radius 1 is 1.14 bits per heavy atom. The molecule has 14 heteroatoms. The Labute approximate surface area is 254 Å². The summed E-state index contributed by atoms with van der Waals surface area (Å²) >= 11 is 0. The Hall–Kier alpha value is -4.08. The van der Waals surface area contributed by atoms with Crippen molar-refractivity contribution >= 4 is 25.4 Å². The number of aromatic nitrogens is 4. The van der Waals surface area contributed by atoms with E-state index in [0.29, 0.717) is 40.2 Å². The van der Waals surface area contributed by atoms with Gasteiger partial charge in [-0.3, -0.25) is 4.52 Å². The molecule has 4 aromatic rings. The van der Waals surface area contributed by atoms with Crippen LogP contribution in [-0.4, -0.2) is 40.4 Å². The van der Waals surface area contributed by atoms with Crippen LogP contribution in [0.25, 0.3) is 27.9 Å². The first-order valence-corrected chi connectivity index (χ1v) is 14.5. The second-order valence-electron chi connectivity index (χ2n) is 9.89. The number of imidazole rings is 1. The van der Waals surface area contributed by atoms with Crippen LogP contribution in [0.15, 0.2) is 54.9 Å². The number of ether oxygens (including phenoxy) is 2. The fourth-order valence-electron chi connectivity index (χ4n) is 4.44. The summed E-state index contributed by atoms with van der Waals surface area (Å²) in [6.45, 7) is 2.41. The molecule has 2 heterocycles. The summed E-state index contributed by atoms with van der Waals surface area (Å²) in [5.41, 5.74) is 1.16. The second kappa shape index (κ2) is 14.1. The minimum atomic E-state index is -3.00. The predicted octanol–water partition coefficient (Wildman–Crippen LogP) is 7.57. The van der Waals surface area contributed by atoms with Crippen LogP contribution in [0.2, 0.25) is 0 Å². The van der Waals surface area contributed by atoms with Gasteiger partial charge in [0.1, 0.15) is 22.9 Å². The van der Waals surface area contributed by atoms with Crippen molar-refractivity contribution in [3.05, 3.63) is 77.9 Å². The highest BCUT2D eigenvalue weighted by Gasteiger charge is 2.30. The van der Waals surface area contributed by atoms with Gasteiger partial charge in [0.25, 0.3) is 0 Å². The molecule has 0 spiro atoms.